The second-order valence-corrected chi connectivity index (χ2v) is 3.14. The molecule has 1 atom stereocenters. The molecule has 76 valence electrons. The Balaban J connectivity index is 2.61. The summed E-state index contributed by atoms with van der Waals surface area (Å²) in [7, 11) is 0. The molecule has 0 bridgehead atoms. The normalized spacial score (nSPS) is 13.8. The van der Waals surface area contributed by atoms with E-state index >= 15 is 0 Å². The molecular weight excluding hydrogens is 178 g/mol. The van der Waals surface area contributed by atoms with Crippen LogP contribution in [-0.4, -0.2) is 23.5 Å². The van der Waals surface area contributed by atoms with Crippen molar-refractivity contribution >= 4 is 5.71 Å². The number of aliphatic hydroxyl groups excluding tert-OH is 1. The quantitative estimate of drug-likeness (QED) is 0.585. The van der Waals surface area contributed by atoms with Crippen LogP contribution in [0.5, 0.6) is 0 Å². The third kappa shape index (κ3) is 3.18. The van der Waals surface area contributed by atoms with E-state index in [9.17, 15) is 0 Å². The average molecular weight is 193 g/mol. The molecule has 0 aliphatic carbocycles. The number of rotatable bonds is 4. The van der Waals surface area contributed by atoms with Gasteiger partial charge in [-0.3, -0.25) is 0 Å². The highest BCUT2D eigenvalue weighted by atomic mass is 16.6. The maximum Gasteiger partial charge on any atom is 0.147 e. The SMILES string of the molecule is C/C(=N\OC(C)CO)c1ccccc1. The molecule has 1 aromatic rings. The molecule has 0 saturated carbocycles. The van der Waals surface area contributed by atoms with Crippen LogP contribution < -0.4 is 0 Å². The van der Waals surface area contributed by atoms with Crippen molar-refractivity contribution in [2.24, 2.45) is 5.16 Å². The van der Waals surface area contributed by atoms with Crippen LogP contribution in [0.15, 0.2) is 35.5 Å². The molecule has 3 heteroatoms. The number of hydrogen-bond acceptors (Lipinski definition) is 3. The van der Waals surface area contributed by atoms with E-state index in [1.807, 2.05) is 37.3 Å². The van der Waals surface area contributed by atoms with Gasteiger partial charge in [-0.05, 0) is 19.4 Å². The Kier molecular flexibility index (Phi) is 4.13. The maximum atomic E-state index is 8.72. The molecule has 0 spiro atoms. The van der Waals surface area contributed by atoms with Crippen LogP contribution in [0.25, 0.3) is 0 Å². The number of oxime groups is 1. The van der Waals surface area contributed by atoms with Crippen LogP contribution >= 0.6 is 0 Å². The minimum Gasteiger partial charge on any atom is -0.392 e. The number of benzene rings is 1. The van der Waals surface area contributed by atoms with E-state index in [0.717, 1.165) is 11.3 Å². The van der Waals surface area contributed by atoms with Crippen molar-refractivity contribution in [1.29, 1.82) is 0 Å². The Morgan fingerprint density at radius 2 is 2.07 bits per heavy atom. The Bertz CT molecular complexity index is 295. The number of nitrogens with zero attached hydrogens (tertiary/aromatic N) is 1. The first kappa shape index (κ1) is 10.7. The summed E-state index contributed by atoms with van der Waals surface area (Å²) >= 11 is 0. The fraction of sp³-hybridized carbons (Fsp3) is 0.364. The minimum atomic E-state index is -0.256. The highest BCUT2D eigenvalue weighted by molar-refractivity contribution is 5.98. The van der Waals surface area contributed by atoms with Gasteiger partial charge in [0.2, 0.25) is 0 Å². The number of hydrogen-bond donors (Lipinski definition) is 1. The predicted octanol–water partition coefficient (Wildman–Crippen LogP) is 1.81. The van der Waals surface area contributed by atoms with Crippen LogP contribution in [0.3, 0.4) is 0 Å². The molecule has 0 saturated heterocycles. The summed E-state index contributed by atoms with van der Waals surface area (Å²) in [6, 6.07) is 9.78. The zero-order chi connectivity index (χ0) is 10.4. The van der Waals surface area contributed by atoms with Crippen molar-refractivity contribution < 1.29 is 9.94 Å². The molecule has 0 heterocycles. The summed E-state index contributed by atoms with van der Waals surface area (Å²) < 4.78 is 0. The summed E-state index contributed by atoms with van der Waals surface area (Å²) in [5, 5.41) is 12.6. The largest absolute Gasteiger partial charge is 0.392 e. The van der Waals surface area contributed by atoms with Crippen LogP contribution in [-0.2, 0) is 4.84 Å². The van der Waals surface area contributed by atoms with Crippen molar-refractivity contribution in [2.45, 2.75) is 20.0 Å². The smallest absolute Gasteiger partial charge is 0.147 e. The van der Waals surface area contributed by atoms with E-state index < -0.39 is 0 Å². The van der Waals surface area contributed by atoms with Crippen LogP contribution in [0.1, 0.15) is 19.4 Å². The zero-order valence-corrected chi connectivity index (χ0v) is 8.47. The van der Waals surface area contributed by atoms with Gasteiger partial charge in [-0.2, -0.15) is 0 Å². The van der Waals surface area contributed by atoms with Gasteiger partial charge in [0.1, 0.15) is 6.10 Å². The lowest BCUT2D eigenvalue weighted by Gasteiger charge is -2.06. The summed E-state index contributed by atoms with van der Waals surface area (Å²) in [5.74, 6) is 0. The van der Waals surface area contributed by atoms with Crippen molar-refractivity contribution in [2.75, 3.05) is 6.61 Å². The minimum absolute atomic E-state index is 0.0223. The van der Waals surface area contributed by atoms with E-state index in [2.05, 4.69) is 5.16 Å². The highest BCUT2D eigenvalue weighted by Crippen LogP contribution is 2.02. The highest BCUT2D eigenvalue weighted by Gasteiger charge is 2.00. The monoisotopic (exact) mass is 193 g/mol. The van der Waals surface area contributed by atoms with Crippen molar-refractivity contribution in [3.05, 3.63) is 35.9 Å². The molecule has 0 radical (unpaired) electrons. The molecule has 0 aliphatic rings. The van der Waals surface area contributed by atoms with Gasteiger partial charge in [-0.15, -0.1) is 0 Å². The summed E-state index contributed by atoms with van der Waals surface area (Å²) in [6.45, 7) is 3.62. The first-order chi connectivity index (χ1) is 6.74. The fourth-order valence-corrected chi connectivity index (χ4v) is 0.934. The van der Waals surface area contributed by atoms with Gasteiger partial charge in [0.15, 0.2) is 0 Å². The van der Waals surface area contributed by atoms with Gasteiger partial charge in [0, 0.05) is 0 Å². The second-order valence-electron chi connectivity index (χ2n) is 3.14. The Labute approximate surface area is 84.0 Å². The number of aliphatic hydroxyl groups is 1. The molecule has 1 rings (SSSR count). The van der Waals surface area contributed by atoms with E-state index in [4.69, 9.17) is 9.94 Å². The lowest BCUT2D eigenvalue weighted by molar-refractivity contribution is 0.0290. The van der Waals surface area contributed by atoms with Gasteiger partial charge in [0.25, 0.3) is 0 Å². The van der Waals surface area contributed by atoms with Gasteiger partial charge >= 0.3 is 0 Å². The first-order valence-electron chi connectivity index (χ1n) is 4.60. The van der Waals surface area contributed by atoms with E-state index in [1.54, 1.807) is 6.92 Å². The van der Waals surface area contributed by atoms with Crippen molar-refractivity contribution in [1.82, 2.24) is 0 Å². The molecule has 0 fully saturated rings. The van der Waals surface area contributed by atoms with Gasteiger partial charge in [0.05, 0.1) is 12.3 Å². The average Bonchev–Trinajstić information content (AvgIpc) is 2.26. The van der Waals surface area contributed by atoms with Crippen molar-refractivity contribution in [3.8, 4) is 0 Å². The summed E-state index contributed by atoms with van der Waals surface area (Å²) in [5.41, 5.74) is 1.84. The van der Waals surface area contributed by atoms with Gasteiger partial charge in [-0.1, -0.05) is 35.5 Å². The molecule has 1 aromatic carbocycles. The molecule has 0 aliphatic heterocycles. The summed E-state index contributed by atoms with van der Waals surface area (Å²) in [6.07, 6.45) is -0.256. The summed E-state index contributed by atoms with van der Waals surface area (Å²) in [4.78, 5) is 5.05. The lowest BCUT2D eigenvalue weighted by atomic mass is 10.1. The molecular formula is C11H15NO2. The Hall–Kier alpha value is -1.35. The molecule has 1 N–H and O–H groups in total. The molecule has 0 amide bonds. The molecule has 1 unspecified atom stereocenters. The Morgan fingerprint density at radius 1 is 1.43 bits per heavy atom. The second kappa shape index (κ2) is 5.40. The van der Waals surface area contributed by atoms with E-state index in [0.29, 0.717) is 0 Å². The molecule has 14 heavy (non-hydrogen) atoms. The van der Waals surface area contributed by atoms with Crippen LogP contribution in [0.2, 0.25) is 0 Å². The molecule has 3 nitrogen and oxygen atoms in total. The lowest BCUT2D eigenvalue weighted by Crippen LogP contribution is -2.10. The third-order valence-corrected chi connectivity index (χ3v) is 1.82. The zero-order valence-electron chi connectivity index (χ0n) is 8.47. The van der Waals surface area contributed by atoms with Gasteiger partial charge in [-0.25, -0.2) is 0 Å². The van der Waals surface area contributed by atoms with Gasteiger partial charge < -0.3 is 9.94 Å². The van der Waals surface area contributed by atoms with Crippen molar-refractivity contribution in [3.63, 3.8) is 0 Å². The molecule has 0 aromatic heterocycles. The van der Waals surface area contributed by atoms with E-state index in [1.165, 1.54) is 0 Å². The third-order valence-electron chi connectivity index (χ3n) is 1.82. The fourth-order valence-electron chi connectivity index (χ4n) is 0.934. The maximum absolute atomic E-state index is 8.72. The van der Waals surface area contributed by atoms with Crippen LogP contribution in [0.4, 0.5) is 0 Å². The predicted molar refractivity (Wildman–Crippen MR) is 56.3 cm³/mol. The van der Waals surface area contributed by atoms with E-state index in [-0.39, 0.29) is 12.7 Å². The Morgan fingerprint density at radius 3 is 2.64 bits per heavy atom. The standard InChI is InChI=1S/C11H15NO2/c1-9(8-13)14-12-10(2)11-6-4-3-5-7-11/h3-7,9,13H,8H2,1-2H3/b12-10+. The van der Waals surface area contributed by atoms with Crippen LogP contribution in [0, 0.1) is 0 Å². The topological polar surface area (TPSA) is 41.8 Å². The first-order valence-corrected chi connectivity index (χ1v) is 4.60.